The third-order valence-electron chi connectivity index (χ3n) is 4.86. The quantitative estimate of drug-likeness (QED) is 0.827. The second kappa shape index (κ2) is 7.37. The van der Waals surface area contributed by atoms with Crippen molar-refractivity contribution in [2.45, 2.75) is 65.2 Å². The van der Waals surface area contributed by atoms with Gasteiger partial charge in [0.1, 0.15) is 5.76 Å². The van der Waals surface area contributed by atoms with Crippen LogP contribution in [0, 0.1) is 13.8 Å². The summed E-state index contributed by atoms with van der Waals surface area (Å²) in [6.07, 6.45) is 3.10. The van der Waals surface area contributed by atoms with Crippen LogP contribution in [0.1, 0.15) is 73.7 Å². The number of aromatic nitrogens is 3. The van der Waals surface area contributed by atoms with E-state index in [2.05, 4.69) is 15.3 Å². The largest absolute Gasteiger partial charge is 0.361 e. The van der Waals surface area contributed by atoms with Crippen molar-refractivity contribution in [3.63, 3.8) is 0 Å². The average Bonchev–Trinajstić information content (AvgIpc) is 3.21. The molecule has 1 amide bonds. The molecule has 1 saturated heterocycles. The maximum absolute atomic E-state index is 12.6. The van der Waals surface area contributed by atoms with Crippen LogP contribution in [0.2, 0.25) is 0 Å². The van der Waals surface area contributed by atoms with Gasteiger partial charge in [-0.1, -0.05) is 24.2 Å². The molecule has 1 fully saturated rings. The van der Waals surface area contributed by atoms with E-state index in [0.717, 1.165) is 42.2 Å². The zero-order valence-corrected chi connectivity index (χ0v) is 15.4. The van der Waals surface area contributed by atoms with Crippen LogP contribution in [0.4, 0.5) is 0 Å². The predicted octanol–water partition coefficient (Wildman–Crippen LogP) is 3.14. The molecular formula is C18H26N4O3. The summed E-state index contributed by atoms with van der Waals surface area (Å²) in [5.41, 5.74) is 1.91. The number of rotatable bonds is 5. The van der Waals surface area contributed by atoms with Gasteiger partial charge < -0.3 is 13.9 Å². The summed E-state index contributed by atoms with van der Waals surface area (Å²) in [5, 5.41) is 8.07. The Morgan fingerprint density at radius 3 is 2.72 bits per heavy atom. The second-order valence-electron chi connectivity index (χ2n) is 7.13. The molecule has 2 aromatic heterocycles. The number of nitrogens with zero attached hydrogens (tertiary/aromatic N) is 4. The third kappa shape index (κ3) is 3.91. The minimum atomic E-state index is 0.160. The molecule has 3 heterocycles. The zero-order chi connectivity index (χ0) is 18.0. The van der Waals surface area contributed by atoms with Crippen molar-refractivity contribution in [3.8, 4) is 0 Å². The maximum atomic E-state index is 12.6. The molecular weight excluding hydrogens is 320 g/mol. The lowest BCUT2D eigenvalue weighted by molar-refractivity contribution is -0.132. The zero-order valence-electron chi connectivity index (χ0n) is 15.4. The van der Waals surface area contributed by atoms with Crippen molar-refractivity contribution in [2.24, 2.45) is 0 Å². The van der Waals surface area contributed by atoms with E-state index >= 15 is 0 Å². The minimum Gasteiger partial charge on any atom is -0.361 e. The molecule has 0 N–H and O–H groups in total. The van der Waals surface area contributed by atoms with Crippen molar-refractivity contribution in [2.75, 3.05) is 13.1 Å². The summed E-state index contributed by atoms with van der Waals surface area (Å²) in [6.45, 7) is 9.32. The molecule has 1 unspecified atom stereocenters. The van der Waals surface area contributed by atoms with Crippen molar-refractivity contribution >= 4 is 5.91 Å². The number of piperidine rings is 1. The highest BCUT2D eigenvalue weighted by atomic mass is 16.5. The molecule has 7 heteroatoms. The van der Waals surface area contributed by atoms with E-state index in [-0.39, 0.29) is 17.7 Å². The molecule has 0 aromatic carbocycles. The smallest absolute Gasteiger partial charge is 0.229 e. The number of hydrogen-bond acceptors (Lipinski definition) is 6. The van der Waals surface area contributed by atoms with Gasteiger partial charge >= 0.3 is 0 Å². The molecule has 3 rings (SSSR count). The summed E-state index contributed by atoms with van der Waals surface area (Å²) in [5.74, 6) is 2.74. The van der Waals surface area contributed by atoms with Crippen LogP contribution < -0.4 is 0 Å². The molecule has 2 aromatic rings. The standard InChI is InChI=1S/C18H26N4O3/c1-11(2)18-19-17(21-25-18)14-6-5-9-22(10-14)16(23)8-7-15-12(3)20-24-13(15)4/h11,14H,5-10H2,1-4H3. The fourth-order valence-corrected chi connectivity index (χ4v) is 3.31. The SMILES string of the molecule is Cc1noc(C)c1CCC(=O)N1CCCC(c2noc(C(C)C)n2)C1. The molecule has 25 heavy (non-hydrogen) atoms. The molecule has 7 nitrogen and oxygen atoms in total. The van der Waals surface area contributed by atoms with Crippen LogP contribution in [0.15, 0.2) is 9.05 Å². The molecule has 136 valence electrons. The van der Waals surface area contributed by atoms with Gasteiger partial charge in [-0.25, -0.2) is 0 Å². The predicted molar refractivity (Wildman–Crippen MR) is 91.2 cm³/mol. The second-order valence-corrected chi connectivity index (χ2v) is 7.13. The average molecular weight is 346 g/mol. The highest BCUT2D eigenvalue weighted by Gasteiger charge is 2.28. The van der Waals surface area contributed by atoms with E-state index < -0.39 is 0 Å². The Hall–Kier alpha value is -2.18. The van der Waals surface area contributed by atoms with E-state index in [1.165, 1.54) is 0 Å². The van der Waals surface area contributed by atoms with Gasteiger partial charge in [-0.05, 0) is 33.1 Å². The first-order valence-corrected chi connectivity index (χ1v) is 8.98. The Morgan fingerprint density at radius 2 is 2.08 bits per heavy atom. The topological polar surface area (TPSA) is 85.3 Å². The Kier molecular flexibility index (Phi) is 5.20. The lowest BCUT2D eigenvalue weighted by Gasteiger charge is -2.31. The van der Waals surface area contributed by atoms with Crippen molar-refractivity contribution in [3.05, 3.63) is 28.7 Å². The number of carbonyl (C=O) groups is 1. The summed E-state index contributed by atoms with van der Waals surface area (Å²) >= 11 is 0. The number of carbonyl (C=O) groups excluding carboxylic acids is 1. The Morgan fingerprint density at radius 1 is 1.28 bits per heavy atom. The molecule has 0 radical (unpaired) electrons. The van der Waals surface area contributed by atoms with E-state index in [9.17, 15) is 4.79 Å². The van der Waals surface area contributed by atoms with Gasteiger partial charge in [0.25, 0.3) is 0 Å². The summed E-state index contributed by atoms with van der Waals surface area (Å²) < 4.78 is 10.5. The van der Waals surface area contributed by atoms with Crippen LogP contribution in [0.5, 0.6) is 0 Å². The Bertz CT molecular complexity index is 715. The van der Waals surface area contributed by atoms with Crippen molar-refractivity contribution in [1.82, 2.24) is 20.2 Å². The van der Waals surface area contributed by atoms with Gasteiger partial charge in [-0.3, -0.25) is 4.79 Å². The fraction of sp³-hybridized carbons (Fsp3) is 0.667. The lowest BCUT2D eigenvalue weighted by Crippen LogP contribution is -2.39. The number of hydrogen-bond donors (Lipinski definition) is 0. The van der Waals surface area contributed by atoms with Gasteiger partial charge in [0.15, 0.2) is 5.82 Å². The van der Waals surface area contributed by atoms with Crippen LogP contribution >= 0.6 is 0 Å². The van der Waals surface area contributed by atoms with Gasteiger partial charge in [0.2, 0.25) is 11.8 Å². The fourth-order valence-electron chi connectivity index (χ4n) is 3.31. The highest BCUT2D eigenvalue weighted by molar-refractivity contribution is 5.76. The van der Waals surface area contributed by atoms with Gasteiger partial charge in [0, 0.05) is 36.9 Å². The summed E-state index contributed by atoms with van der Waals surface area (Å²) in [7, 11) is 0. The monoisotopic (exact) mass is 346 g/mol. The van der Waals surface area contributed by atoms with Gasteiger partial charge in [0.05, 0.1) is 5.69 Å². The Labute approximate surface area is 147 Å². The van der Waals surface area contributed by atoms with Crippen LogP contribution in [-0.4, -0.2) is 39.2 Å². The number of aryl methyl sites for hydroxylation is 2. The van der Waals surface area contributed by atoms with Crippen LogP contribution in [0.3, 0.4) is 0 Å². The molecule has 0 spiro atoms. The van der Waals surface area contributed by atoms with E-state index in [0.29, 0.717) is 25.3 Å². The Balaban J connectivity index is 1.59. The molecule has 1 aliphatic heterocycles. The highest BCUT2D eigenvalue weighted by Crippen LogP contribution is 2.27. The van der Waals surface area contributed by atoms with E-state index in [4.69, 9.17) is 9.05 Å². The summed E-state index contributed by atoms with van der Waals surface area (Å²) in [4.78, 5) is 19.0. The summed E-state index contributed by atoms with van der Waals surface area (Å²) in [6, 6.07) is 0. The van der Waals surface area contributed by atoms with E-state index in [1.54, 1.807) is 0 Å². The normalized spacial score (nSPS) is 18.1. The van der Waals surface area contributed by atoms with Gasteiger partial charge in [-0.2, -0.15) is 4.98 Å². The molecule has 0 saturated carbocycles. The minimum absolute atomic E-state index is 0.160. The number of likely N-dealkylation sites (tertiary alicyclic amines) is 1. The molecule has 0 aliphatic carbocycles. The first-order valence-electron chi connectivity index (χ1n) is 8.98. The van der Waals surface area contributed by atoms with Gasteiger partial charge in [-0.15, -0.1) is 0 Å². The third-order valence-corrected chi connectivity index (χ3v) is 4.86. The van der Waals surface area contributed by atoms with Crippen LogP contribution in [0.25, 0.3) is 0 Å². The van der Waals surface area contributed by atoms with Crippen molar-refractivity contribution < 1.29 is 13.8 Å². The molecule has 0 bridgehead atoms. The first-order chi connectivity index (χ1) is 12.0. The molecule has 1 atom stereocenters. The maximum Gasteiger partial charge on any atom is 0.229 e. The lowest BCUT2D eigenvalue weighted by atomic mass is 9.96. The van der Waals surface area contributed by atoms with E-state index in [1.807, 2.05) is 32.6 Å². The van der Waals surface area contributed by atoms with Crippen LogP contribution in [-0.2, 0) is 11.2 Å². The molecule has 1 aliphatic rings. The number of amides is 1. The first kappa shape index (κ1) is 17.6. The van der Waals surface area contributed by atoms with Crippen molar-refractivity contribution in [1.29, 1.82) is 0 Å².